The van der Waals surface area contributed by atoms with E-state index in [9.17, 15) is 14.9 Å². The second kappa shape index (κ2) is 8.32. The molecule has 0 unspecified atom stereocenters. The summed E-state index contributed by atoms with van der Waals surface area (Å²) >= 11 is 0. The molecule has 0 radical (unpaired) electrons. The quantitative estimate of drug-likeness (QED) is 0.825. The Morgan fingerprint density at radius 2 is 1.81 bits per heavy atom. The summed E-state index contributed by atoms with van der Waals surface area (Å²) in [5, 5.41) is 9.27. The number of piperazine rings is 1. The lowest BCUT2D eigenvalue weighted by molar-refractivity contribution is -0.131. The first kappa shape index (κ1) is 18.4. The Labute approximate surface area is 158 Å². The predicted molar refractivity (Wildman–Crippen MR) is 102 cm³/mol. The van der Waals surface area contributed by atoms with Gasteiger partial charge in [0.15, 0.2) is 0 Å². The summed E-state index contributed by atoms with van der Waals surface area (Å²) in [6.07, 6.45) is 1.75. The van der Waals surface area contributed by atoms with Crippen molar-refractivity contribution in [3.8, 4) is 6.07 Å². The first-order chi connectivity index (χ1) is 13.1. The number of anilines is 2. The maximum Gasteiger partial charge on any atom is 0.242 e. The highest BCUT2D eigenvalue weighted by atomic mass is 16.2. The van der Waals surface area contributed by atoms with Crippen LogP contribution in [0.15, 0.2) is 48.7 Å². The van der Waals surface area contributed by atoms with Gasteiger partial charge < -0.3 is 14.7 Å². The molecule has 1 aromatic carbocycles. The molecule has 1 aliphatic heterocycles. The van der Waals surface area contributed by atoms with E-state index in [2.05, 4.69) is 16.0 Å². The number of carbonyl (C=O) groups excluding carboxylic acids is 2. The predicted octanol–water partition coefficient (Wildman–Crippen LogP) is 1.65. The molecular weight excluding hydrogens is 342 g/mol. The van der Waals surface area contributed by atoms with Gasteiger partial charge in [0.25, 0.3) is 0 Å². The summed E-state index contributed by atoms with van der Waals surface area (Å²) in [6, 6.07) is 14.7. The third-order valence-corrected chi connectivity index (χ3v) is 4.59. The topological polar surface area (TPSA) is 80.5 Å². The minimum Gasteiger partial charge on any atom is -0.353 e. The number of aromatic nitrogens is 1. The van der Waals surface area contributed by atoms with Gasteiger partial charge in [-0.1, -0.05) is 18.2 Å². The van der Waals surface area contributed by atoms with Gasteiger partial charge in [-0.3, -0.25) is 9.59 Å². The molecule has 0 bridgehead atoms. The van der Waals surface area contributed by atoms with Gasteiger partial charge in [-0.15, -0.1) is 0 Å². The number of para-hydroxylation sites is 1. The molecule has 0 atom stereocenters. The molecule has 1 aliphatic rings. The van der Waals surface area contributed by atoms with E-state index in [4.69, 9.17) is 0 Å². The summed E-state index contributed by atoms with van der Waals surface area (Å²) in [5.41, 5.74) is 0.841. The van der Waals surface area contributed by atoms with E-state index in [0.29, 0.717) is 37.4 Å². The highest BCUT2D eigenvalue weighted by Crippen LogP contribution is 2.20. The number of nitriles is 1. The fourth-order valence-corrected chi connectivity index (χ4v) is 3.13. The number of pyridine rings is 1. The summed E-state index contributed by atoms with van der Waals surface area (Å²) in [4.78, 5) is 34.4. The molecule has 27 heavy (non-hydrogen) atoms. The smallest absolute Gasteiger partial charge is 0.242 e. The highest BCUT2D eigenvalue weighted by Gasteiger charge is 2.25. The van der Waals surface area contributed by atoms with Gasteiger partial charge in [0, 0.05) is 39.3 Å². The lowest BCUT2D eigenvalue weighted by atomic mass is 10.1. The molecule has 138 valence electrons. The Balaban J connectivity index is 1.66. The van der Waals surface area contributed by atoms with E-state index < -0.39 is 0 Å². The SMILES string of the molecule is CC(=O)N(CC(=O)N1CCN(c2ccccn2)CC1)c1ccccc1C#N. The third kappa shape index (κ3) is 4.23. The highest BCUT2D eigenvalue weighted by molar-refractivity contribution is 5.98. The van der Waals surface area contributed by atoms with Crippen LogP contribution in [0, 0.1) is 11.3 Å². The maximum absolute atomic E-state index is 12.7. The van der Waals surface area contributed by atoms with Crippen LogP contribution in [0.4, 0.5) is 11.5 Å². The molecule has 1 fully saturated rings. The summed E-state index contributed by atoms with van der Waals surface area (Å²) in [5.74, 6) is 0.509. The van der Waals surface area contributed by atoms with Crippen LogP contribution in [0.2, 0.25) is 0 Å². The maximum atomic E-state index is 12.7. The van der Waals surface area contributed by atoms with Crippen molar-refractivity contribution in [2.24, 2.45) is 0 Å². The van der Waals surface area contributed by atoms with Crippen molar-refractivity contribution >= 4 is 23.3 Å². The van der Waals surface area contributed by atoms with Crippen molar-refractivity contribution in [2.45, 2.75) is 6.92 Å². The van der Waals surface area contributed by atoms with Crippen molar-refractivity contribution < 1.29 is 9.59 Å². The Hall–Kier alpha value is -3.40. The van der Waals surface area contributed by atoms with E-state index in [1.54, 1.807) is 35.4 Å². The van der Waals surface area contributed by atoms with Gasteiger partial charge in [-0.05, 0) is 24.3 Å². The second-order valence-electron chi connectivity index (χ2n) is 6.29. The average Bonchev–Trinajstić information content (AvgIpc) is 2.72. The molecule has 7 heteroatoms. The normalized spacial score (nSPS) is 13.8. The molecule has 3 rings (SSSR count). The van der Waals surface area contributed by atoms with Crippen molar-refractivity contribution in [1.82, 2.24) is 9.88 Å². The van der Waals surface area contributed by atoms with E-state index in [1.807, 2.05) is 18.2 Å². The molecule has 0 spiro atoms. The van der Waals surface area contributed by atoms with Crippen LogP contribution in [0.1, 0.15) is 12.5 Å². The molecule has 1 aromatic heterocycles. The number of carbonyl (C=O) groups is 2. The van der Waals surface area contributed by atoms with Crippen molar-refractivity contribution in [3.05, 3.63) is 54.2 Å². The van der Waals surface area contributed by atoms with Crippen LogP contribution in [0.3, 0.4) is 0 Å². The van der Waals surface area contributed by atoms with Gasteiger partial charge in [0.2, 0.25) is 11.8 Å². The zero-order chi connectivity index (χ0) is 19.2. The Morgan fingerprint density at radius 1 is 1.11 bits per heavy atom. The van der Waals surface area contributed by atoms with Gasteiger partial charge in [-0.25, -0.2) is 4.98 Å². The van der Waals surface area contributed by atoms with Crippen molar-refractivity contribution in [3.63, 3.8) is 0 Å². The zero-order valence-electron chi connectivity index (χ0n) is 15.2. The minimum absolute atomic E-state index is 0.0718. The van der Waals surface area contributed by atoms with Crippen LogP contribution in [0.5, 0.6) is 0 Å². The fraction of sp³-hybridized carbons (Fsp3) is 0.300. The van der Waals surface area contributed by atoms with Crippen LogP contribution in [-0.4, -0.2) is 54.4 Å². The van der Waals surface area contributed by atoms with E-state index in [-0.39, 0.29) is 18.4 Å². The van der Waals surface area contributed by atoms with Crippen LogP contribution in [-0.2, 0) is 9.59 Å². The van der Waals surface area contributed by atoms with Gasteiger partial charge in [-0.2, -0.15) is 5.26 Å². The summed E-state index contributed by atoms with van der Waals surface area (Å²) in [6.45, 7) is 3.86. The molecule has 2 amide bonds. The number of hydrogen-bond acceptors (Lipinski definition) is 5. The summed E-state index contributed by atoms with van der Waals surface area (Å²) in [7, 11) is 0. The molecule has 7 nitrogen and oxygen atoms in total. The lowest BCUT2D eigenvalue weighted by Gasteiger charge is -2.36. The average molecular weight is 363 g/mol. The van der Waals surface area contributed by atoms with Gasteiger partial charge >= 0.3 is 0 Å². The Kier molecular flexibility index (Phi) is 5.67. The third-order valence-electron chi connectivity index (χ3n) is 4.59. The zero-order valence-corrected chi connectivity index (χ0v) is 15.2. The largest absolute Gasteiger partial charge is 0.353 e. The number of nitrogens with zero attached hydrogens (tertiary/aromatic N) is 5. The molecule has 0 aliphatic carbocycles. The second-order valence-corrected chi connectivity index (χ2v) is 6.29. The Bertz CT molecular complexity index is 854. The lowest BCUT2D eigenvalue weighted by Crippen LogP contribution is -2.52. The number of amides is 2. The molecule has 2 aromatic rings. The van der Waals surface area contributed by atoms with Crippen molar-refractivity contribution in [1.29, 1.82) is 5.26 Å². The van der Waals surface area contributed by atoms with Gasteiger partial charge in [0.05, 0.1) is 11.3 Å². The minimum atomic E-state index is -0.266. The number of benzene rings is 1. The van der Waals surface area contributed by atoms with Crippen LogP contribution in [0.25, 0.3) is 0 Å². The summed E-state index contributed by atoms with van der Waals surface area (Å²) < 4.78 is 0. The molecular formula is C20H21N5O2. The van der Waals surface area contributed by atoms with Crippen molar-refractivity contribution in [2.75, 3.05) is 42.5 Å². The van der Waals surface area contributed by atoms with Crippen LogP contribution >= 0.6 is 0 Å². The monoisotopic (exact) mass is 363 g/mol. The standard InChI is InChI=1S/C20H21N5O2/c1-16(26)25(18-7-3-2-6-17(18)14-21)15-20(27)24-12-10-23(11-13-24)19-8-4-5-9-22-19/h2-9H,10-13,15H2,1H3. The number of rotatable bonds is 4. The molecule has 2 heterocycles. The number of hydrogen-bond donors (Lipinski definition) is 0. The van der Waals surface area contributed by atoms with E-state index >= 15 is 0 Å². The first-order valence-corrected chi connectivity index (χ1v) is 8.81. The van der Waals surface area contributed by atoms with Gasteiger partial charge in [0.1, 0.15) is 18.4 Å². The first-order valence-electron chi connectivity index (χ1n) is 8.81. The molecule has 0 N–H and O–H groups in total. The van der Waals surface area contributed by atoms with E-state index in [0.717, 1.165) is 5.82 Å². The van der Waals surface area contributed by atoms with E-state index in [1.165, 1.54) is 11.8 Å². The fourth-order valence-electron chi connectivity index (χ4n) is 3.13. The molecule has 1 saturated heterocycles. The Morgan fingerprint density at radius 3 is 2.44 bits per heavy atom. The molecule has 0 saturated carbocycles. The van der Waals surface area contributed by atoms with Crippen LogP contribution < -0.4 is 9.80 Å².